The van der Waals surface area contributed by atoms with Gasteiger partial charge in [0.2, 0.25) is 0 Å². The Bertz CT molecular complexity index is 148. The van der Waals surface area contributed by atoms with Crippen LogP contribution in [-0.4, -0.2) is 13.6 Å². The van der Waals surface area contributed by atoms with Crippen LogP contribution in [0.3, 0.4) is 0 Å². The average molecular weight is 142 g/mol. The van der Waals surface area contributed by atoms with Crippen LogP contribution in [0, 0.1) is 0 Å². The molecule has 0 amide bonds. The van der Waals surface area contributed by atoms with Crippen molar-refractivity contribution in [2.45, 2.75) is 0 Å². The Morgan fingerprint density at radius 1 is 1.60 bits per heavy atom. The number of hydrogen-bond donors (Lipinski definition) is 4. The molecule has 10 heavy (non-hydrogen) atoms. The number of nitrogens with two attached hydrogens (primary N) is 3. The number of hydrogen-bond acceptors (Lipinski definition) is 4. The van der Waals surface area contributed by atoms with Crippen molar-refractivity contribution in [1.82, 2.24) is 5.32 Å². The molecule has 0 saturated heterocycles. The predicted octanol–water partition coefficient (Wildman–Crippen LogP) is -1.19. The van der Waals surface area contributed by atoms with Gasteiger partial charge >= 0.3 is 0 Å². The van der Waals surface area contributed by atoms with Crippen LogP contribution in [0.4, 0.5) is 0 Å². The summed E-state index contributed by atoms with van der Waals surface area (Å²) in [5, 5.41) is 2.77. The average Bonchev–Trinajstić information content (AvgIpc) is 1.99. The van der Waals surface area contributed by atoms with Crippen molar-refractivity contribution >= 4 is 0 Å². The topological polar surface area (TPSA) is 90.1 Å². The summed E-state index contributed by atoms with van der Waals surface area (Å²) in [4.78, 5) is 0. The molecule has 7 N–H and O–H groups in total. The summed E-state index contributed by atoms with van der Waals surface area (Å²) in [7, 11) is 1.73. The lowest BCUT2D eigenvalue weighted by Gasteiger charge is -2.03. The summed E-state index contributed by atoms with van der Waals surface area (Å²) in [5.41, 5.74) is 16.8. The predicted molar refractivity (Wildman–Crippen MR) is 42.7 cm³/mol. The summed E-state index contributed by atoms with van der Waals surface area (Å²) in [5.74, 6) is 0.559. The Hall–Kier alpha value is -1.16. The second-order valence-electron chi connectivity index (χ2n) is 1.75. The zero-order valence-electron chi connectivity index (χ0n) is 6.09. The van der Waals surface area contributed by atoms with Gasteiger partial charge in [-0.2, -0.15) is 0 Å². The Labute approximate surface area is 60.8 Å². The molecule has 4 nitrogen and oxygen atoms in total. The van der Waals surface area contributed by atoms with Gasteiger partial charge in [-0.3, -0.25) is 0 Å². The van der Waals surface area contributed by atoms with Crippen LogP contribution >= 0.6 is 0 Å². The van der Waals surface area contributed by atoms with Gasteiger partial charge in [-0.25, -0.2) is 0 Å². The smallest absolute Gasteiger partial charge is 0.100 e. The number of nitrogens with one attached hydrogen (secondary N) is 1. The standard InChI is InChI=1S/C6H14N4/c1-10-6(9)5(4-8)2-3-7/h2-3,10H,4,7-9H2,1H3. The van der Waals surface area contributed by atoms with Crippen LogP contribution in [0.15, 0.2) is 23.7 Å². The van der Waals surface area contributed by atoms with Gasteiger partial charge in [0.15, 0.2) is 0 Å². The molecule has 0 heterocycles. The molecule has 0 fully saturated rings. The van der Waals surface area contributed by atoms with E-state index in [9.17, 15) is 0 Å². The first-order valence-corrected chi connectivity index (χ1v) is 3.01. The normalized spacial score (nSPS) is 13.4. The molecule has 0 radical (unpaired) electrons. The molecule has 4 heteroatoms. The maximum Gasteiger partial charge on any atom is 0.100 e. The van der Waals surface area contributed by atoms with Gasteiger partial charge in [0.25, 0.3) is 0 Å². The summed E-state index contributed by atoms with van der Waals surface area (Å²) < 4.78 is 0. The van der Waals surface area contributed by atoms with Gasteiger partial charge in [-0.05, 0) is 12.3 Å². The third-order valence-electron chi connectivity index (χ3n) is 1.13. The lowest BCUT2D eigenvalue weighted by molar-refractivity contribution is 0.927. The minimum atomic E-state index is 0.389. The van der Waals surface area contributed by atoms with Gasteiger partial charge in [0.05, 0.1) is 0 Å². The zero-order chi connectivity index (χ0) is 7.98. The molecule has 0 saturated carbocycles. The fourth-order valence-electron chi connectivity index (χ4n) is 0.544. The van der Waals surface area contributed by atoms with Gasteiger partial charge in [-0.1, -0.05) is 0 Å². The van der Waals surface area contributed by atoms with E-state index in [1.54, 1.807) is 13.1 Å². The highest BCUT2D eigenvalue weighted by molar-refractivity contribution is 5.23. The molecule has 0 aromatic carbocycles. The van der Waals surface area contributed by atoms with Crippen molar-refractivity contribution in [3.05, 3.63) is 23.7 Å². The molecule has 0 aromatic rings. The zero-order valence-corrected chi connectivity index (χ0v) is 6.09. The second-order valence-corrected chi connectivity index (χ2v) is 1.75. The van der Waals surface area contributed by atoms with E-state index in [0.717, 1.165) is 5.57 Å². The van der Waals surface area contributed by atoms with Gasteiger partial charge in [0, 0.05) is 19.2 Å². The summed E-state index contributed by atoms with van der Waals surface area (Å²) >= 11 is 0. The maximum absolute atomic E-state index is 5.50. The molecule has 0 bridgehead atoms. The summed E-state index contributed by atoms with van der Waals surface area (Å²) in [6.07, 6.45) is 3.08. The van der Waals surface area contributed by atoms with Crippen molar-refractivity contribution in [1.29, 1.82) is 0 Å². The fourth-order valence-corrected chi connectivity index (χ4v) is 0.544. The minimum absolute atomic E-state index is 0.389. The molecule has 0 atom stereocenters. The molecular weight excluding hydrogens is 128 g/mol. The van der Waals surface area contributed by atoms with Crippen LogP contribution < -0.4 is 22.5 Å². The first-order chi connectivity index (χ1) is 4.76. The van der Waals surface area contributed by atoms with Crippen LogP contribution in [0.25, 0.3) is 0 Å². The molecule has 0 aliphatic rings. The highest BCUT2D eigenvalue weighted by atomic mass is 15.0. The largest absolute Gasteiger partial charge is 0.405 e. The highest BCUT2D eigenvalue weighted by Crippen LogP contribution is 1.93. The first kappa shape index (κ1) is 8.84. The van der Waals surface area contributed by atoms with Crippen LogP contribution in [-0.2, 0) is 0 Å². The van der Waals surface area contributed by atoms with E-state index in [2.05, 4.69) is 5.32 Å². The molecule has 58 valence electrons. The lowest BCUT2D eigenvalue weighted by atomic mass is 10.2. The second kappa shape index (κ2) is 4.69. The van der Waals surface area contributed by atoms with Crippen molar-refractivity contribution in [2.24, 2.45) is 17.2 Å². The Kier molecular flexibility index (Phi) is 4.15. The van der Waals surface area contributed by atoms with Crippen LogP contribution in [0.2, 0.25) is 0 Å². The molecule has 0 aliphatic heterocycles. The van der Waals surface area contributed by atoms with Crippen LogP contribution in [0.1, 0.15) is 0 Å². The minimum Gasteiger partial charge on any atom is -0.405 e. The lowest BCUT2D eigenvalue weighted by Crippen LogP contribution is -2.20. The molecule has 0 rings (SSSR count). The van der Waals surface area contributed by atoms with Gasteiger partial charge < -0.3 is 22.5 Å². The van der Waals surface area contributed by atoms with Crippen molar-refractivity contribution in [3.8, 4) is 0 Å². The van der Waals surface area contributed by atoms with Gasteiger partial charge in [-0.15, -0.1) is 0 Å². The molecule has 0 unspecified atom stereocenters. The molecule has 0 aliphatic carbocycles. The Morgan fingerprint density at radius 2 is 2.20 bits per heavy atom. The summed E-state index contributed by atoms with van der Waals surface area (Å²) in [6.45, 7) is 0.389. The van der Waals surface area contributed by atoms with Crippen molar-refractivity contribution < 1.29 is 0 Å². The quantitative estimate of drug-likeness (QED) is 0.373. The van der Waals surface area contributed by atoms with E-state index in [1.807, 2.05) is 0 Å². The van der Waals surface area contributed by atoms with Gasteiger partial charge in [0.1, 0.15) is 5.82 Å². The molecular formula is C6H14N4. The van der Waals surface area contributed by atoms with E-state index < -0.39 is 0 Å². The monoisotopic (exact) mass is 142 g/mol. The van der Waals surface area contributed by atoms with Crippen molar-refractivity contribution in [3.63, 3.8) is 0 Å². The van der Waals surface area contributed by atoms with E-state index >= 15 is 0 Å². The first-order valence-electron chi connectivity index (χ1n) is 3.01. The maximum atomic E-state index is 5.50. The van der Waals surface area contributed by atoms with E-state index in [4.69, 9.17) is 17.2 Å². The van der Waals surface area contributed by atoms with Crippen molar-refractivity contribution in [2.75, 3.05) is 13.6 Å². The summed E-state index contributed by atoms with van der Waals surface area (Å²) in [6, 6.07) is 0. The Balaban J connectivity index is 4.29. The third-order valence-corrected chi connectivity index (χ3v) is 1.13. The SMILES string of the molecule is CNC(N)=C(C=CN)CN. The van der Waals surface area contributed by atoms with E-state index in [0.29, 0.717) is 12.4 Å². The third kappa shape index (κ3) is 2.41. The molecule has 0 aromatic heterocycles. The number of rotatable bonds is 3. The van der Waals surface area contributed by atoms with E-state index in [-0.39, 0.29) is 0 Å². The van der Waals surface area contributed by atoms with Crippen LogP contribution in [0.5, 0.6) is 0 Å². The fraction of sp³-hybridized carbons (Fsp3) is 0.333. The van der Waals surface area contributed by atoms with E-state index in [1.165, 1.54) is 6.20 Å². The Morgan fingerprint density at radius 3 is 2.50 bits per heavy atom. The molecule has 0 spiro atoms. The highest BCUT2D eigenvalue weighted by Gasteiger charge is 1.92.